The summed E-state index contributed by atoms with van der Waals surface area (Å²) in [5, 5.41) is 4.29. The summed E-state index contributed by atoms with van der Waals surface area (Å²) in [6.07, 6.45) is 1.63. The van der Waals surface area contributed by atoms with Crippen molar-refractivity contribution in [1.82, 2.24) is 0 Å². The number of carbonyl (C=O) groups excluding carboxylic acids is 1. The van der Waals surface area contributed by atoms with Crippen LogP contribution < -0.4 is 9.47 Å². The van der Waals surface area contributed by atoms with E-state index in [1.54, 1.807) is 18.2 Å². The number of hydrogen-bond donors (Lipinski definition) is 0. The molecule has 0 aromatic heterocycles. The van der Waals surface area contributed by atoms with Crippen molar-refractivity contribution in [2.75, 3.05) is 7.11 Å². The zero-order chi connectivity index (χ0) is 18.7. The SMILES string of the molecule is COc1cc(/C=C2\C(=O)ON=C2c2ccccc2)cc(Cl)c1OC(C)C. The Balaban J connectivity index is 2.02. The molecule has 0 fully saturated rings. The monoisotopic (exact) mass is 371 g/mol. The van der Waals surface area contributed by atoms with E-state index < -0.39 is 5.97 Å². The summed E-state index contributed by atoms with van der Waals surface area (Å²) in [4.78, 5) is 17.0. The molecule has 1 aliphatic heterocycles. The molecule has 0 N–H and O–H groups in total. The number of carbonyl (C=O) groups is 1. The van der Waals surface area contributed by atoms with E-state index in [0.717, 1.165) is 5.56 Å². The lowest BCUT2D eigenvalue weighted by Crippen LogP contribution is -2.08. The van der Waals surface area contributed by atoms with Crippen molar-refractivity contribution in [2.45, 2.75) is 20.0 Å². The quantitative estimate of drug-likeness (QED) is 0.574. The molecule has 0 amide bonds. The van der Waals surface area contributed by atoms with Gasteiger partial charge in [-0.2, -0.15) is 0 Å². The van der Waals surface area contributed by atoms with Gasteiger partial charge in [0.2, 0.25) is 0 Å². The van der Waals surface area contributed by atoms with Crippen LogP contribution in [0.15, 0.2) is 53.2 Å². The molecule has 0 saturated heterocycles. The molecule has 1 aliphatic rings. The summed E-state index contributed by atoms with van der Waals surface area (Å²) >= 11 is 6.35. The fraction of sp³-hybridized carbons (Fsp3) is 0.200. The molecular weight excluding hydrogens is 354 g/mol. The third-order valence-electron chi connectivity index (χ3n) is 3.66. The Hall–Kier alpha value is -2.79. The Morgan fingerprint density at radius 3 is 2.58 bits per heavy atom. The van der Waals surface area contributed by atoms with Gasteiger partial charge in [0.05, 0.1) is 23.8 Å². The largest absolute Gasteiger partial charge is 0.493 e. The van der Waals surface area contributed by atoms with Crippen LogP contribution in [0.25, 0.3) is 6.08 Å². The topological polar surface area (TPSA) is 57.1 Å². The van der Waals surface area contributed by atoms with Gasteiger partial charge >= 0.3 is 5.97 Å². The predicted molar refractivity (Wildman–Crippen MR) is 101 cm³/mol. The highest BCUT2D eigenvalue weighted by atomic mass is 35.5. The summed E-state index contributed by atoms with van der Waals surface area (Å²) in [5.41, 5.74) is 2.31. The van der Waals surface area contributed by atoms with E-state index in [9.17, 15) is 4.79 Å². The minimum Gasteiger partial charge on any atom is -0.493 e. The molecule has 5 nitrogen and oxygen atoms in total. The molecule has 2 aromatic carbocycles. The van der Waals surface area contributed by atoms with Crippen LogP contribution >= 0.6 is 11.6 Å². The normalized spacial score (nSPS) is 15.2. The second-order valence-electron chi connectivity index (χ2n) is 5.94. The fourth-order valence-corrected chi connectivity index (χ4v) is 2.82. The number of oxime groups is 1. The smallest absolute Gasteiger partial charge is 0.368 e. The van der Waals surface area contributed by atoms with Crippen LogP contribution in [0.5, 0.6) is 11.5 Å². The van der Waals surface area contributed by atoms with Crippen molar-refractivity contribution in [3.05, 3.63) is 64.2 Å². The van der Waals surface area contributed by atoms with Gasteiger partial charge in [0.15, 0.2) is 11.5 Å². The summed E-state index contributed by atoms with van der Waals surface area (Å²) in [7, 11) is 1.54. The van der Waals surface area contributed by atoms with Gasteiger partial charge in [-0.05, 0) is 37.6 Å². The number of ether oxygens (including phenoxy) is 2. The number of benzene rings is 2. The molecule has 0 aliphatic carbocycles. The number of rotatable bonds is 5. The molecule has 0 radical (unpaired) electrons. The molecule has 0 saturated carbocycles. The predicted octanol–water partition coefficient (Wildman–Crippen LogP) is 4.48. The summed E-state index contributed by atoms with van der Waals surface area (Å²) in [6.45, 7) is 3.81. The summed E-state index contributed by atoms with van der Waals surface area (Å²) < 4.78 is 11.1. The van der Waals surface area contributed by atoms with Gasteiger partial charge in [0, 0.05) is 5.56 Å². The first-order valence-electron chi connectivity index (χ1n) is 8.10. The van der Waals surface area contributed by atoms with Crippen LogP contribution in [0.3, 0.4) is 0 Å². The highest BCUT2D eigenvalue weighted by Crippen LogP contribution is 2.38. The van der Waals surface area contributed by atoms with Crippen LogP contribution in [0.2, 0.25) is 5.02 Å². The van der Waals surface area contributed by atoms with Crippen LogP contribution in [-0.2, 0) is 9.63 Å². The molecule has 0 unspecified atom stereocenters. The van der Waals surface area contributed by atoms with Crippen molar-refractivity contribution >= 4 is 29.4 Å². The molecule has 3 rings (SSSR count). The van der Waals surface area contributed by atoms with E-state index in [-0.39, 0.29) is 6.10 Å². The van der Waals surface area contributed by atoms with Gasteiger partial charge < -0.3 is 14.3 Å². The van der Waals surface area contributed by atoms with Crippen molar-refractivity contribution in [1.29, 1.82) is 0 Å². The van der Waals surface area contributed by atoms with E-state index in [4.69, 9.17) is 25.9 Å². The van der Waals surface area contributed by atoms with Crippen LogP contribution in [0, 0.1) is 0 Å². The van der Waals surface area contributed by atoms with Crippen LogP contribution in [-0.4, -0.2) is 24.9 Å². The fourth-order valence-electron chi connectivity index (χ4n) is 2.55. The zero-order valence-electron chi connectivity index (χ0n) is 14.7. The lowest BCUT2D eigenvalue weighted by molar-refractivity contribution is -0.136. The molecular formula is C20H18ClNO4. The standard InChI is InChI=1S/C20H18ClNO4/c1-12(2)25-19-16(21)10-13(11-17(19)24-3)9-15-18(22-26-20(15)23)14-7-5-4-6-8-14/h4-12H,1-3H3/b15-9-. The van der Waals surface area contributed by atoms with Gasteiger partial charge in [-0.15, -0.1) is 0 Å². The number of halogens is 1. The molecule has 6 heteroatoms. The Morgan fingerprint density at radius 2 is 1.92 bits per heavy atom. The van der Waals surface area contributed by atoms with Gasteiger partial charge in [-0.1, -0.05) is 47.1 Å². The average Bonchev–Trinajstić information content (AvgIpc) is 2.98. The van der Waals surface area contributed by atoms with Crippen molar-refractivity contribution in [3.63, 3.8) is 0 Å². The highest BCUT2D eigenvalue weighted by Gasteiger charge is 2.27. The minimum atomic E-state index is -0.513. The molecule has 2 aromatic rings. The van der Waals surface area contributed by atoms with Crippen molar-refractivity contribution < 1.29 is 19.1 Å². The molecule has 0 bridgehead atoms. The maximum Gasteiger partial charge on any atom is 0.368 e. The molecule has 26 heavy (non-hydrogen) atoms. The third kappa shape index (κ3) is 3.73. The van der Waals surface area contributed by atoms with E-state index in [2.05, 4.69) is 5.16 Å². The van der Waals surface area contributed by atoms with Crippen LogP contribution in [0.4, 0.5) is 0 Å². The van der Waals surface area contributed by atoms with E-state index >= 15 is 0 Å². The van der Waals surface area contributed by atoms with Crippen molar-refractivity contribution in [3.8, 4) is 11.5 Å². The van der Waals surface area contributed by atoms with Gasteiger partial charge in [-0.25, -0.2) is 4.79 Å². The van der Waals surface area contributed by atoms with Crippen molar-refractivity contribution in [2.24, 2.45) is 5.16 Å². The lowest BCUT2D eigenvalue weighted by Gasteiger charge is -2.15. The van der Waals surface area contributed by atoms with Gasteiger partial charge in [-0.3, -0.25) is 0 Å². The number of nitrogens with zero attached hydrogens (tertiary/aromatic N) is 1. The summed E-state index contributed by atoms with van der Waals surface area (Å²) in [5.74, 6) is 0.446. The zero-order valence-corrected chi connectivity index (χ0v) is 15.4. The lowest BCUT2D eigenvalue weighted by atomic mass is 10.0. The third-order valence-corrected chi connectivity index (χ3v) is 3.94. The minimum absolute atomic E-state index is 0.0489. The van der Waals surface area contributed by atoms with E-state index in [1.807, 2.05) is 44.2 Å². The Kier molecular flexibility index (Phi) is 5.28. The molecule has 0 atom stereocenters. The Bertz CT molecular complexity index is 888. The van der Waals surface area contributed by atoms with Crippen LogP contribution in [0.1, 0.15) is 25.0 Å². The first-order valence-corrected chi connectivity index (χ1v) is 8.48. The molecule has 1 heterocycles. The average molecular weight is 372 g/mol. The maximum atomic E-state index is 12.1. The Labute approximate surface area is 156 Å². The molecule has 134 valence electrons. The second kappa shape index (κ2) is 7.62. The first kappa shape index (κ1) is 18.0. The Morgan fingerprint density at radius 1 is 1.19 bits per heavy atom. The maximum absolute atomic E-state index is 12.1. The van der Waals surface area contributed by atoms with E-state index in [1.165, 1.54) is 7.11 Å². The number of hydrogen-bond acceptors (Lipinski definition) is 5. The number of methoxy groups -OCH3 is 1. The second-order valence-corrected chi connectivity index (χ2v) is 6.35. The van der Waals surface area contributed by atoms with Gasteiger partial charge in [0.25, 0.3) is 0 Å². The summed E-state index contributed by atoms with van der Waals surface area (Å²) in [6, 6.07) is 12.8. The van der Waals surface area contributed by atoms with Gasteiger partial charge in [0.1, 0.15) is 5.71 Å². The first-order chi connectivity index (χ1) is 12.5. The molecule has 0 spiro atoms. The van der Waals surface area contributed by atoms with E-state index in [0.29, 0.717) is 33.4 Å². The highest BCUT2D eigenvalue weighted by molar-refractivity contribution is 6.33.